The van der Waals surface area contributed by atoms with Crippen LogP contribution in [0.1, 0.15) is 24.0 Å². The first kappa shape index (κ1) is 20.3. The molecular weight excluding hydrogens is 344 g/mol. The molecule has 1 unspecified atom stereocenters. The second-order valence-corrected chi connectivity index (χ2v) is 6.27. The number of carboxylic acid groups (broad SMARTS) is 1. The third-order valence-corrected chi connectivity index (χ3v) is 4.21. The maximum atomic E-state index is 12.9. The van der Waals surface area contributed by atoms with E-state index in [1.165, 1.54) is 0 Å². The van der Waals surface area contributed by atoms with Gasteiger partial charge in [0.15, 0.2) is 0 Å². The standard InChI is InChI=1S/C21H24N2O4/c22-13-7-12-18(21(26)27)23(19(24)14-16-8-3-1-4-9-16)20(25)15-17-10-5-2-6-11-17/h1-6,8-11,18H,7,12-15,22H2,(H,26,27). The normalized spacial score (nSPS) is 11.6. The summed E-state index contributed by atoms with van der Waals surface area (Å²) >= 11 is 0. The van der Waals surface area contributed by atoms with E-state index >= 15 is 0 Å². The quantitative estimate of drug-likeness (QED) is 0.705. The van der Waals surface area contributed by atoms with Crippen LogP contribution in [0.25, 0.3) is 0 Å². The van der Waals surface area contributed by atoms with Crippen molar-refractivity contribution in [3.05, 3.63) is 71.8 Å². The molecule has 6 heteroatoms. The Morgan fingerprint density at radius 2 is 1.30 bits per heavy atom. The molecule has 0 heterocycles. The summed E-state index contributed by atoms with van der Waals surface area (Å²) in [5.41, 5.74) is 6.95. The molecule has 2 rings (SSSR count). The highest BCUT2D eigenvalue weighted by Gasteiger charge is 2.34. The van der Waals surface area contributed by atoms with Gasteiger partial charge in [-0.3, -0.25) is 14.5 Å². The van der Waals surface area contributed by atoms with Gasteiger partial charge in [0.2, 0.25) is 11.8 Å². The summed E-state index contributed by atoms with van der Waals surface area (Å²) in [6.45, 7) is 0.289. The first-order chi connectivity index (χ1) is 13.0. The van der Waals surface area contributed by atoms with Gasteiger partial charge < -0.3 is 10.8 Å². The van der Waals surface area contributed by atoms with Crippen molar-refractivity contribution in [1.29, 1.82) is 0 Å². The molecule has 0 radical (unpaired) electrons. The molecule has 0 aliphatic rings. The number of hydrogen-bond donors (Lipinski definition) is 2. The maximum absolute atomic E-state index is 12.9. The molecule has 0 fully saturated rings. The number of aliphatic carboxylic acids is 1. The molecule has 0 aliphatic heterocycles. The maximum Gasteiger partial charge on any atom is 0.326 e. The zero-order valence-electron chi connectivity index (χ0n) is 15.1. The van der Waals surface area contributed by atoms with E-state index in [9.17, 15) is 19.5 Å². The zero-order valence-corrected chi connectivity index (χ0v) is 15.1. The number of hydrogen-bond acceptors (Lipinski definition) is 4. The summed E-state index contributed by atoms with van der Waals surface area (Å²) in [6.07, 6.45) is 0.471. The van der Waals surface area contributed by atoms with E-state index < -0.39 is 23.8 Å². The van der Waals surface area contributed by atoms with Gasteiger partial charge in [-0.2, -0.15) is 0 Å². The van der Waals surface area contributed by atoms with Crippen molar-refractivity contribution in [3.63, 3.8) is 0 Å². The Bertz CT molecular complexity index is 709. The molecule has 27 heavy (non-hydrogen) atoms. The van der Waals surface area contributed by atoms with Crippen LogP contribution < -0.4 is 5.73 Å². The van der Waals surface area contributed by atoms with Crippen LogP contribution in [-0.2, 0) is 27.2 Å². The Morgan fingerprint density at radius 1 is 0.852 bits per heavy atom. The third-order valence-electron chi connectivity index (χ3n) is 4.21. The molecule has 0 aliphatic carbocycles. The van der Waals surface area contributed by atoms with E-state index in [0.717, 1.165) is 16.0 Å². The Labute approximate surface area is 158 Å². The number of carbonyl (C=O) groups is 3. The number of benzene rings is 2. The summed E-state index contributed by atoms with van der Waals surface area (Å²) in [7, 11) is 0. The first-order valence-electron chi connectivity index (χ1n) is 8.88. The SMILES string of the molecule is NCCCC(C(=O)O)N(C(=O)Cc1ccccc1)C(=O)Cc1ccccc1. The molecule has 2 aromatic carbocycles. The molecule has 6 nitrogen and oxygen atoms in total. The molecule has 2 amide bonds. The van der Waals surface area contributed by atoms with Crippen molar-refractivity contribution < 1.29 is 19.5 Å². The van der Waals surface area contributed by atoms with Crippen LogP contribution >= 0.6 is 0 Å². The van der Waals surface area contributed by atoms with Crippen LogP contribution in [0, 0.1) is 0 Å². The summed E-state index contributed by atoms with van der Waals surface area (Å²) in [5.74, 6) is -2.25. The lowest BCUT2D eigenvalue weighted by Gasteiger charge is -2.27. The van der Waals surface area contributed by atoms with Crippen molar-refractivity contribution in [2.45, 2.75) is 31.7 Å². The van der Waals surface area contributed by atoms with E-state index in [2.05, 4.69) is 0 Å². The smallest absolute Gasteiger partial charge is 0.326 e. The van der Waals surface area contributed by atoms with Crippen LogP contribution in [0.3, 0.4) is 0 Å². The number of rotatable bonds is 9. The molecule has 0 aromatic heterocycles. The van der Waals surface area contributed by atoms with Crippen molar-refractivity contribution in [3.8, 4) is 0 Å². The van der Waals surface area contributed by atoms with E-state index in [0.29, 0.717) is 6.42 Å². The predicted octanol–water partition coefficient (Wildman–Crippen LogP) is 2.02. The van der Waals surface area contributed by atoms with Gasteiger partial charge in [-0.15, -0.1) is 0 Å². The first-order valence-corrected chi connectivity index (χ1v) is 8.88. The minimum Gasteiger partial charge on any atom is -0.480 e. The fourth-order valence-corrected chi connectivity index (χ4v) is 2.87. The van der Waals surface area contributed by atoms with Crippen LogP contribution in [-0.4, -0.2) is 40.4 Å². The van der Waals surface area contributed by atoms with Crippen LogP contribution in [0.4, 0.5) is 0 Å². The molecule has 142 valence electrons. The lowest BCUT2D eigenvalue weighted by atomic mass is 10.0. The minimum absolute atomic E-state index is 0.0340. The fraction of sp³-hybridized carbons (Fsp3) is 0.286. The van der Waals surface area contributed by atoms with Gasteiger partial charge >= 0.3 is 5.97 Å². The molecule has 0 saturated heterocycles. The number of carbonyl (C=O) groups excluding carboxylic acids is 2. The zero-order chi connectivity index (χ0) is 19.6. The van der Waals surface area contributed by atoms with Gasteiger partial charge in [-0.25, -0.2) is 4.79 Å². The second-order valence-electron chi connectivity index (χ2n) is 6.27. The van der Waals surface area contributed by atoms with E-state index in [1.54, 1.807) is 48.5 Å². The molecule has 1 atom stereocenters. The molecule has 2 aromatic rings. The topological polar surface area (TPSA) is 101 Å². The summed E-state index contributed by atoms with van der Waals surface area (Å²) in [5, 5.41) is 9.61. The van der Waals surface area contributed by atoms with Gasteiger partial charge in [0.1, 0.15) is 6.04 Å². The van der Waals surface area contributed by atoms with E-state index in [1.807, 2.05) is 12.1 Å². The van der Waals surface area contributed by atoms with Crippen molar-refractivity contribution >= 4 is 17.8 Å². The number of amides is 2. The highest BCUT2D eigenvalue weighted by atomic mass is 16.4. The van der Waals surface area contributed by atoms with Gasteiger partial charge in [-0.05, 0) is 30.5 Å². The minimum atomic E-state index is -1.22. The molecular formula is C21H24N2O4. The highest BCUT2D eigenvalue weighted by Crippen LogP contribution is 2.14. The third kappa shape index (κ3) is 6.04. The van der Waals surface area contributed by atoms with Gasteiger partial charge in [0.05, 0.1) is 12.8 Å². The lowest BCUT2D eigenvalue weighted by molar-refractivity contribution is -0.158. The number of nitrogens with zero attached hydrogens (tertiary/aromatic N) is 1. The Hall–Kier alpha value is -2.99. The average molecular weight is 368 g/mol. The van der Waals surface area contributed by atoms with Gasteiger partial charge in [-0.1, -0.05) is 60.7 Å². The van der Waals surface area contributed by atoms with Gasteiger partial charge in [0.25, 0.3) is 0 Å². The van der Waals surface area contributed by atoms with Gasteiger partial charge in [0, 0.05) is 0 Å². The van der Waals surface area contributed by atoms with Crippen LogP contribution in [0.2, 0.25) is 0 Å². The number of nitrogens with two attached hydrogens (primary N) is 1. The van der Waals surface area contributed by atoms with Crippen molar-refractivity contribution in [2.75, 3.05) is 6.54 Å². The number of imide groups is 1. The number of carboxylic acids is 1. The van der Waals surface area contributed by atoms with Crippen LogP contribution in [0.15, 0.2) is 60.7 Å². The summed E-state index contributed by atoms with van der Waals surface area (Å²) < 4.78 is 0. The molecule has 0 bridgehead atoms. The van der Waals surface area contributed by atoms with E-state index in [4.69, 9.17) is 5.73 Å². The predicted molar refractivity (Wildman–Crippen MR) is 102 cm³/mol. The van der Waals surface area contributed by atoms with Crippen molar-refractivity contribution in [2.24, 2.45) is 5.73 Å². The monoisotopic (exact) mass is 368 g/mol. The summed E-state index contributed by atoms with van der Waals surface area (Å²) in [6, 6.07) is 16.7. The highest BCUT2D eigenvalue weighted by molar-refractivity contribution is 6.00. The molecule has 3 N–H and O–H groups in total. The van der Waals surface area contributed by atoms with E-state index in [-0.39, 0.29) is 25.8 Å². The lowest BCUT2D eigenvalue weighted by Crippen LogP contribution is -2.50. The summed E-state index contributed by atoms with van der Waals surface area (Å²) in [4.78, 5) is 38.4. The Balaban J connectivity index is 2.26. The second kappa shape index (κ2) is 10.2. The Kier molecular flexibility index (Phi) is 7.70. The largest absolute Gasteiger partial charge is 0.480 e. The molecule has 0 spiro atoms. The molecule has 0 saturated carbocycles. The van der Waals surface area contributed by atoms with Crippen molar-refractivity contribution in [1.82, 2.24) is 4.90 Å². The fourth-order valence-electron chi connectivity index (χ4n) is 2.87. The van der Waals surface area contributed by atoms with Crippen LogP contribution in [0.5, 0.6) is 0 Å². The Morgan fingerprint density at radius 3 is 1.67 bits per heavy atom. The average Bonchev–Trinajstić information content (AvgIpc) is 2.66.